The zero-order valence-electron chi connectivity index (χ0n) is 8.35. The Morgan fingerprint density at radius 2 is 2.19 bits per heavy atom. The van der Waals surface area contributed by atoms with Crippen molar-refractivity contribution < 1.29 is 19.1 Å². The molecule has 2 aromatic rings. The number of carbonyl (C=O) groups excluding carboxylic acids is 1. The third-order valence-corrected chi connectivity index (χ3v) is 1.93. The molecule has 82 valence electrons. The van der Waals surface area contributed by atoms with Gasteiger partial charge in [0.05, 0.1) is 5.56 Å². The summed E-state index contributed by atoms with van der Waals surface area (Å²) >= 11 is 0. The Bertz CT molecular complexity index is 573. The largest absolute Gasteiger partial charge is 0.478 e. The first-order chi connectivity index (χ1) is 7.58. The number of nitrogens with one attached hydrogen (secondary N) is 1. The summed E-state index contributed by atoms with van der Waals surface area (Å²) in [4.78, 5) is 25.6. The number of carboxylic acids is 1. The maximum absolute atomic E-state index is 10.9. The van der Waals surface area contributed by atoms with Crippen molar-refractivity contribution in [2.45, 2.75) is 6.92 Å². The van der Waals surface area contributed by atoms with Gasteiger partial charge < -0.3 is 9.52 Å². The highest BCUT2D eigenvalue weighted by atomic mass is 16.4. The highest BCUT2D eigenvalue weighted by Gasteiger charge is 2.14. The Labute approximate surface area is 89.9 Å². The van der Waals surface area contributed by atoms with Gasteiger partial charge in [0.1, 0.15) is 5.52 Å². The van der Waals surface area contributed by atoms with Gasteiger partial charge in [-0.05, 0) is 12.1 Å². The lowest BCUT2D eigenvalue weighted by molar-refractivity contribution is -0.114. The predicted octanol–water partition coefficient (Wildman–Crippen LogP) is 1.48. The normalized spacial score (nSPS) is 10.3. The molecule has 0 saturated heterocycles. The van der Waals surface area contributed by atoms with Gasteiger partial charge in [-0.15, -0.1) is 0 Å². The van der Waals surface area contributed by atoms with E-state index in [-0.39, 0.29) is 23.0 Å². The van der Waals surface area contributed by atoms with E-state index in [1.54, 1.807) is 12.1 Å². The molecule has 2 N–H and O–H groups in total. The molecule has 1 amide bonds. The van der Waals surface area contributed by atoms with Crippen molar-refractivity contribution in [1.82, 2.24) is 4.98 Å². The lowest BCUT2D eigenvalue weighted by Gasteiger charge is -1.92. The van der Waals surface area contributed by atoms with E-state index in [0.29, 0.717) is 5.58 Å². The van der Waals surface area contributed by atoms with E-state index < -0.39 is 5.97 Å². The number of para-hydroxylation sites is 1. The molecule has 0 atom stereocenters. The third-order valence-electron chi connectivity index (χ3n) is 1.93. The van der Waals surface area contributed by atoms with Gasteiger partial charge in [0.25, 0.3) is 0 Å². The molecule has 2 rings (SSSR count). The Hall–Kier alpha value is -2.37. The minimum Gasteiger partial charge on any atom is -0.478 e. The van der Waals surface area contributed by atoms with E-state index in [0.717, 1.165) is 0 Å². The second kappa shape index (κ2) is 3.65. The lowest BCUT2D eigenvalue weighted by atomic mass is 10.2. The van der Waals surface area contributed by atoms with Crippen LogP contribution in [-0.2, 0) is 4.79 Å². The van der Waals surface area contributed by atoms with Gasteiger partial charge in [-0.1, -0.05) is 6.07 Å². The molecule has 6 nitrogen and oxygen atoms in total. The first kappa shape index (κ1) is 10.2. The maximum atomic E-state index is 10.9. The van der Waals surface area contributed by atoms with Gasteiger partial charge in [-0.3, -0.25) is 10.1 Å². The number of aromatic carboxylic acids is 1. The number of hydrogen-bond acceptors (Lipinski definition) is 4. The molecular weight excluding hydrogens is 212 g/mol. The second-order valence-corrected chi connectivity index (χ2v) is 3.16. The predicted molar refractivity (Wildman–Crippen MR) is 55.3 cm³/mol. The van der Waals surface area contributed by atoms with Crippen LogP contribution in [0.1, 0.15) is 17.3 Å². The van der Waals surface area contributed by atoms with Crippen molar-refractivity contribution in [3.05, 3.63) is 23.8 Å². The first-order valence-corrected chi connectivity index (χ1v) is 4.48. The van der Waals surface area contributed by atoms with Gasteiger partial charge in [0.15, 0.2) is 5.58 Å². The molecule has 0 fully saturated rings. The molecule has 0 unspecified atom stereocenters. The quantitative estimate of drug-likeness (QED) is 0.799. The van der Waals surface area contributed by atoms with Crippen LogP contribution >= 0.6 is 0 Å². The Morgan fingerprint density at radius 3 is 2.81 bits per heavy atom. The number of aromatic nitrogens is 1. The van der Waals surface area contributed by atoms with Crippen LogP contribution in [0.3, 0.4) is 0 Å². The van der Waals surface area contributed by atoms with Crippen molar-refractivity contribution in [2.24, 2.45) is 0 Å². The zero-order valence-corrected chi connectivity index (χ0v) is 8.35. The average Bonchev–Trinajstić information content (AvgIpc) is 2.57. The molecule has 0 aliphatic rings. The van der Waals surface area contributed by atoms with Crippen LogP contribution in [0.5, 0.6) is 0 Å². The van der Waals surface area contributed by atoms with Gasteiger partial charge >= 0.3 is 12.0 Å². The topological polar surface area (TPSA) is 92.4 Å². The molecule has 0 spiro atoms. The van der Waals surface area contributed by atoms with Gasteiger partial charge in [-0.25, -0.2) is 4.79 Å². The smallest absolute Gasteiger partial charge is 0.338 e. The monoisotopic (exact) mass is 220 g/mol. The Balaban J connectivity index is 2.56. The number of nitrogens with zero attached hydrogens (tertiary/aromatic N) is 1. The van der Waals surface area contributed by atoms with Crippen molar-refractivity contribution in [3.63, 3.8) is 0 Å². The van der Waals surface area contributed by atoms with Crippen molar-refractivity contribution in [2.75, 3.05) is 5.32 Å². The summed E-state index contributed by atoms with van der Waals surface area (Å²) in [6.45, 7) is 1.31. The van der Waals surface area contributed by atoms with Crippen LogP contribution in [0.4, 0.5) is 6.01 Å². The maximum Gasteiger partial charge on any atom is 0.338 e. The summed E-state index contributed by atoms with van der Waals surface area (Å²) in [5.74, 6) is -1.42. The summed E-state index contributed by atoms with van der Waals surface area (Å²) in [6, 6.07) is 4.55. The number of fused-ring (bicyclic) bond motifs is 1. The number of hydrogen-bond donors (Lipinski definition) is 2. The fourth-order valence-corrected chi connectivity index (χ4v) is 1.33. The molecule has 16 heavy (non-hydrogen) atoms. The summed E-state index contributed by atoms with van der Waals surface area (Å²) in [5, 5.41) is 11.3. The third kappa shape index (κ3) is 1.72. The zero-order chi connectivity index (χ0) is 11.7. The highest BCUT2D eigenvalue weighted by Crippen LogP contribution is 2.22. The van der Waals surface area contributed by atoms with E-state index in [4.69, 9.17) is 9.52 Å². The van der Waals surface area contributed by atoms with Gasteiger partial charge in [0, 0.05) is 6.92 Å². The average molecular weight is 220 g/mol. The minimum absolute atomic E-state index is 0.00352. The van der Waals surface area contributed by atoms with E-state index in [9.17, 15) is 9.59 Å². The SMILES string of the molecule is CC(=O)Nc1nc2c(C(=O)O)cccc2o1. The van der Waals surface area contributed by atoms with Crippen molar-refractivity contribution in [1.29, 1.82) is 0 Å². The molecule has 0 aliphatic carbocycles. The molecule has 0 aliphatic heterocycles. The number of carboxylic acid groups (broad SMARTS) is 1. The molecule has 6 heteroatoms. The summed E-state index contributed by atoms with van der Waals surface area (Å²) in [7, 11) is 0. The van der Waals surface area contributed by atoms with E-state index >= 15 is 0 Å². The fourth-order valence-electron chi connectivity index (χ4n) is 1.33. The molecule has 0 saturated carbocycles. The number of rotatable bonds is 2. The van der Waals surface area contributed by atoms with Crippen LogP contribution < -0.4 is 5.32 Å². The van der Waals surface area contributed by atoms with Crippen molar-refractivity contribution in [3.8, 4) is 0 Å². The van der Waals surface area contributed by atoms with Crippen molar-refractivity contribution >= 4 is 29.0 Å². The van der Waals surface area contributed by atoms with Crippen LogP contribution in [0.2, 0.25) is 0 Å². The van der Waals surface area contributed by atoms with E-state index in [2.05, 4.69) is 10.3 Å². The Morgan fingerprint density at radius 1 is 1.44 bits per heavy atom. The first-order valence-electron chi connectivity index (χ1n) is 4.48. The number of benzene rings is 1. The summed E-state index contributed by atoms with van der Waals surface area (Å²) < 4.78 is 5.16. The second-order valence-electron chi connectivity index (χ2n) is 3.16. The van der Waals surface area contributed by atoms with Crippen LogP contribution in [0, 0.1) is 0 Å². The van der Waals surface area contributed by atoms with Crippen LogP contribution in [0.25, 0.3) is 11.1 Å². The van der Waals surface area contributed by atoms with Crippen LogP contribution in [-0.4, -0.2) is 22.0 Å². The van der Waals surface area contributed by atoms with Crippen LogP contribution in [0.15, 0.2) is 22.6 Å². The summed E-state index contributed by atoms with van der Waals surface area (Å²) in [6.07, 6.45) is 0. The van der Waals surface area contributed by atoms with E-state index in [1.807, 2.05) is 0 Å². The van der Waals surface area contributed by atoms with Gasteiger partial charge in [-0.2, -0.15) is 4.98 Å². The van der Waals surface area contributed by atoms with E-state index in [1.165, 1.54) is 13.0 Å². The molecule has 0 bridgehead atoms. The number of anilines is 1. The molecule has 0 radical (unpaired) electrons. The standard InChI is InChI=1S/C10H8N2O4/c1-5(13)11-10-12-8-6(9(14)15)3-2-4-7(8)16-10/h2-4H,1H3,(H,14,15)(H,11,12,13). The minimum atomic E-state index is -1.09. The molecule has 1 heterocycles. The van der Waals surface area contributed by atoms with Gasteiger partial charge in [0.2, 0.25) is 5.91 Å². The number of oxazole rings is 1. The molecular formula is C10H8N2O4. The lowest BCUT2D eigenvalue weighted by Crippen LogP contribution is -2.05. The summed E-state index contributed by atoms with van der Waals surface area (Å²) in [5.41, 5.74) is 0.584. The number of carbonyl (C=O) groups is 2. The molecule has 1 aromatic carbocycles. The fraction of sp³-hybridized carbons (Fsp3) is 0.100. The molecule has 1 aromatic heterocycles. The Kier molecular flexibility index (Phi) is 2.32. The number of amides is 1. The highest BCUT2D eigenvalue weighted by molar-refractivity contribution is 6.01.